The van der Waals surface area contributed by atoms with Gasteiger partial charge < -0.3 is 15.6 Å². The molecule has 0 spiro atoms. The van der Waals surface area contributed by atoms with E-state index in [1.807, 2.05) is 41.0 Å². The molecule has 2 aromatic carbocycles. The summed E-state index contributed by atoms with van der Waals surface area (Å²) in [6, 6.07) is 20.5. The van der Waals surface area contributed by atoms with Crippen molar-refractivity contribution in [1.82, 2.24) is 19.5 Å². The molecular weight excluding hydrogens is 324 g/mol. The minimum Gasteiger partial charge on any atom is -0.382 e. The Hall–Kier alpha value is -3.41. The number of aryl methyl sites for hydroxylation is 2. The number of benzene rings is 2. The standard InChI is InChI=1S/C20H20N6/c21-18-17-19(25-20(24-18)22-13-16-9-5-2-6-10-16)26(14-23-17)12-11-15-7-3-1-4-8-15/h1-10,14H,11-13H2,(H3,21,22,24,25). The minimum atomic E-state index is 0.393. The third-order valence-corrected chi connectivity index (χ3v) is 4.27. The van der Waals surface area contributed by atoms with Crippen molar-refractivity contribution in [3.05, 3.63) is 78.1 Å². The number of fused-ring (bicyclic) bond motifs is 1. The number of nitrogens with two attached hydrogens (primary N) is 1. The molecule has 0 amide bonds. The lowest BCUT2D eigenvalue weighted by atomic mass is 10.1. The number of nitrogen functional groups attached to an aromatic ring is 1. The zero-order valence-electron chi connectivity index (χ0n) is 14.3. The molecule has 3 N–H and O–H groups in total. The first-order valence-corrected chi connectivity index (χ1v) is 8.59. The molecule has 0 aliphatic heterocycles. The Morgan fingerprint density at radius 2 is 1.58 bits per heavy atom. The number of aromatic nitrogens is 4. The van der Waals surface area contributed by atoms with Gasteiger partial charge in [-0.25, -0.2) is 4.98 Å². The Bertz CT molecular complexity index is 995. The van der Waals surface area contributed by atoms with Gasteiger partial charge in [0.2, 0.25) is 5.95 Å². The average Bonchev–Trinajstić information content (AvgIpc) is 3.10. The topological polar surface area (TPSA) is 81.7 Å². The molecule has 4 rings (SSSR count). The molecule has 0 aliphatic rings. The van der Waals surface area contributed by atoms with E-state index in [9.17, 15) is 0 Å². The lowest BCUT2D eigenvalue weighted by Gasteiger charge is -2.08. The fourth-order valence-electron chi connectivity index (χ4n) is 2.88. The van der Waals surface area contributed by atoms with Crippen LogP contribution >= 0.6 is 0 Å². The molecule has 6 nitrogen and oxygen atoms in total. The summed E-state index contributed by atoms with van der Waals surface area (Å²) >= 11 is 0. The highest BCUT2D eigenvalue weighted by Gasteiger charge is 2.11. The maximum absolute atomic E-state index is 6.08. The van der Waals surface area contributed by atoms with E-state index in [0.717, 1.165) is 24.2 Å². The molecule has 0 bridgehead atoms. The molecule has 0 fully saturated rings. The minimum absolute atomic E-state index is 0.393. The molecule has 2 aromatic heterocycles. The van der Waals surface area contributed by atoms with Crippen molar-refractivity contribution in [3.63, 3.8) is 0 Å². The predicted octanol–water partition coefficient (Wildman–Crippen LogP) is 3.26. The van der Waals surface area contributed by atoms with Gasteiger partial charge in [0.1, 0.15) is 5.52 Å². The molecule has 6 heteroatoms. The fourth-order valence-corrected chi connectivity index (χ4v) is 2.88. The summed E-state index contributed by atoms with van der Waals surface area (Å²) in [5.74, 6) is 0.907. The summed E-state index contributed by atoms with van der Waals surface area (Å²) < 4.78 is 2.02. The van der Waals surface area contributed by atoms with E-state index in [0.29, 0.717) is 23.8 Å². The Morgan fingerprint density at radius 1 is 0.885 bits per heavy atom. The van der Waals surface area contributed by atoms with Crippen LogP contribution in [0, 0.1) is 0 Å². The molecule has 0 atom stereocenters. The molecule has 0 saturated carbocycles. The van der Waals surface area contributed by atoms with Gasteiger partial charge in [0.25, 0.3) is 0 Å². The van der Waals surface area contributed by atoms with Crippen LogP contribution in [0.25, 0.3) is 11.2 Å². The van der Waals surface area contributed by atoms with Crippen LogP contribution in [0.1, 0.15) is 11.1 Å². The predicted molar refractivity (Wildman–Crippen MR) is 104 cm³/mol. The Morgan fingerprint density at radius 3 is 2.31 bits per heavy atom. The highest BCUT2D eigenvalue weighted by molar-refractivity contribution is 5.82. The lowest BCUT2D eigenvalue weighted by Crippen LogP contribution is -2.08. The van der Waals surface area contributed by atoms with Crippen molar-refractivity contribution in [3.8, 4) is 0 Å². The molecule has 4 aromatic rings. The van der Waals surface area contributed by atoms with Crippen LogP contribution in [0.4, 0.5) is 11.8 Å². The van der Waals surface area contributed by atoms with Crippen molar-refractivity contribution < 1.29 is 0 Å². The van der Waals surface area contributed by atoms with Crippen LogP contribution < -0.4 is 11.1 Å². The molecule has 26 heavy (non-hydrogen) atoms. The highest BCUT2D eigenvalue weighted by Crippen LogP contribution is 2.19. The van der Waals surface area contributed by atoms with E-state index in [1.165, 1.54) is 5.56 Å². The smallest absolute Gasteiger partial charge is 0.227 e. The summed E-state index contributed by atoms with van der Waals surface area (Å²) in [5.41, 5.74) is 9.91. The number of rotatable bonds is 6. The highest BCUT2D eigenvalue weighted by atomic mass is 15.2. The second-order valence-corrected chi connectivity index (χ2v) is 6.12. The van der Waals surface area contributed by atoms with E-state index < -0.39 is 0 Å². The van der Waals surface area contributed by atoms with Crippen molar-refractivity contribution in [2.24, 2.45) is 0 Å². The Balaban J connectivity index is 1.54. The quantitative estimate of drug-likeness (QED) is 0.561. The average molecular weight is 344 g/mol. The van der Waals surface area contributed by atoms with Crippen LogP contribution in [0.2, 0.25) is 0 Å². The van der Waals surface area contributed by atoms with Crippen molar-refractivity contribution in [2.45, 2.75) is 19.5 Å². The van der Waals surface area contributed by atoms with Crippen molar-refractivity contribution >= 4 is 22.9 Å². The van der Waals surface area contributed by atoms with Crippen molar-refractivity contribution in [1.29, 1.82) is 0 Å². The van der Waals surface area contributed by atoms with Gasteiger partial charge in [-0.15, -0.1) is 0 Å². The van der Waals surface area contributed by atoms with E-state index in [1.54, 1.807) is 6.33 Å². The number of nitrogens with one attached hydrogen (secondary N) is 1. The molecule has 0 radical (unpaired) electrons. The van der Waals surface area contributed by atoms with Crippen LogP contribution in [0.15, 0.2) is 67.0 Å². The summed E-state index contributed by atoms with van der Waals surface area (Å²) in [4.78, 5) is 13.3. The first-order chi connectivity index (χ1) is 12.8. The first-order valence-electron chi connectivity index (χ1n) is 8.59. The maximum Gasteiger partial charge on any atom is 0.227 e. The maximum atomic E-state index is 6.08. The number of anilines is 2. The van der Waals surface area contributed by atoms with Crippen LogP contribution in [0.3, 0.4) is 0 Å². The molecule has 0 aliphatic carbocycles. The molecule has 0 unspecified atom stereocenters. The molecule has 130 valence electrons. The lowest BCUT2D eigenvalue weighted by molar-refractivity contribution is 0.709. The van der Waals surface area contributed by atoms with E-state index in [4.69, 9.17) is 5.73 Å². The fraction of sp³-hybridized carbons (Fsp3) is 0.150. The van der Waals surface area contributed by atoms with Crippen LogP contribution in [-0.2, 0) is 19.5 Å². The van der Waals surface area contributed by atoms with Crippen molar-refractivity contribution in [2.75, 3.05) is 11.1 Å². The van der Waals surface area contributed by atoms with Gasteiger partial charge >= 0.3 is 0 Å². The second-order valence-electron chi connectivity index (χ2n) is 6.12. The second kappa shape index (κ2) is 7.23. The normalized spacial score (nSPS) is 10.9. The summed E-state index contributed by atoms with van der Waals surface area (Å²) in [7, 11) is 0. The van der Waals surface area contributed by atoms with Gasteiger partial charge in [-0.2, -0.15) is 9.97 Å². The summed E-state index contributed by atoms with van der Waals surface area (Å²) in [5, 5.41) is 3.24. The number of nitrogens with zero attached hydrogens (tertiary/aromatic N) is 4. The molecule has 2 heterocycles. The zero-order chi connectivity index (χ0) is 17.8. The number of imidazole rings is 1. The SMILES string of the molecule is Nc1nc(NCc2ccccc2)nc2c1ncn2CCc1ccccc1. The van der Waals surface area contributed by atoms with E-state index in [2.05, 4.69) is 44.5 Å². The van der Waals surface area contributed by atoms with Crippen LogP contribution in [-0.4, -0.2) is 19.5 Å². The van der Waals surface area contributed by atoms with Gasteiger partial charge in [0, 0.05) is 13.1 Å². The van der Waals surface area contributed by atoms with Gasteiger partial charge in [0.15, 0.2) is 11.5 Å². The zero-order valence-corrected chi connectivity index (χ0v) is 14.3. The monoisotopic (exact) mass is 344 g/mol. The van der Waals surface area contributed by atoms with E-state index >= 15 is 0 Å². The third-order valence-electron chi connectivity index (χ3n) is 4.27. The van der Waals surface area contributed by atoms with Gasteiger partial charge in [-0.05, 0) is 17.5 Å². The number of hydrogen-bond donors (Lipinski definition) is 2. The molecule has 0 saturated heterocycles. The number of hydrogen-bond acceptors (Lipinski definition) is 5. The third kappa shape index (κ3) is 3.49. The van der Waals surface area contributed by atoms with Gasteiger partial charge in [0.05, 0.1) is 6.33 Å². The van der Waals surface area contributed by atoms with Gasteiger partial charge in [-0.3, -0.25) is 0 Å². The van der Waals surface area contributed by atoms with E-state index in [-0.39, 0.29) is 0 Å². The largest absolute Gasteiger partial charge is 0.382 e. The van der Waals surface area contributed by atoms with Crippen LogP contribution in [0.5, 0.6) is 0 Å². The Kier molecular flexibility index (Phi) is 4.47. The first kappa shape index (κ1) is 16.1. The Labute approximate surface area is 151 Å². The summed E-state index contributed by atoms with van der Waals surface area (Å²) in [6.45, 7) is 1.43. The molecular formula is C20H20N6. The van der Waals surface area contributed by atoms with Gasteiger partial charge in [-0.1, -0.05) is 60.7 Å². The summed E-state index contributed by atoms with van der Waals surface area (Å²) in [6.07, 6.45) is 2.68.